The molecule has 25 heavy (non-hydrogen) atoms. The van der Waals surface area contributed by atoms with Crippen molar-refractivity contribution in [3.8, 4) is 11.5 Å². The van der Waals surface area contributed by atoms with Gasteiger partial charge in [-0.1, -0.05) is 18.2 Å². The quantitative estimate of drug-likeness (QED) is 0.459. The van der Waals surface area contributed by atoms with Crippen molar-refractivity contribution in [1.82, 2.24) is 10.7 Å². The molecular weight excluding hydrogens is 325 g/mol. The molecule has 2 rings (SSSR count). The molecular formula is C18H20FN3O3. The first-order valence-electron chi connectivity index (χ1n) is 7.70. The van der Waals surface area contributed by atoms with Crippen LogP contribution in [0.1, 0.15) is 12.5 Å². The van der Waals surface area contributed by atoms with Gasteiger partial charge in [0.05, 0.1) is 12.3 Å². The number of hydrazone groups is 1. The largest absolute Gasteiger partial charge is 0.454 e. The average Bonchev–Trinajstić information content (AvgIpc) is 2.62. The van der Waals surface area contributed by atoms with Crippen molar-refractivity contribution >= 4 is 11.7 Å². The molecule has 0 aliphatic rings. The van der Waals surface area contributed by atoms with E-state index >= 15 is 0 Å². The number of ether oxygens (including phenoxy) is 2. The first-order valence-corrected chi connectivity index (χ1v) is 7.70. The molecule has 0 fully saturated rings. The van der Waals surface area contributed by atoms with Crippen LogP contribution in [-0.2, 0) is 4.74 Å². The molecule has 0 bridgehead atoms. The Morgan fingerprint density at radius 1 is 1.20 bits per heavy atom. The van der Waals surface area contributed by atoms with Gasteiger partial charge in [0, 0.05) is 19.2 Å². The lowest BCUT2D eigenvalue weighted by Crippen LogP contribution is -2.34. The number of urea groups is 1. The number of nitrogens with one attached hydrogen (secondary N) is 2. The zero-order chi connectivity index (χ0) is 18.1. The van der Waals surface area contributed by atoms with Crippen molar-refractivity contribution in [2.24, 2.45) is 5.10 Å². The van der Waals surface area contributed by atoms with Crippen LogP contribution in [0.5, 0.6) is 11.5 Å². The number of hydrogen-bond donors (Lipinski definition) is 2. The molecule has 0 saturated heterocycles. The summed E-state index contributed by atoms with van der Waals surface area (Å²) in [5.41, 5.74) is 3.34. The SMILES string of the molecule is COCCNC(=O)NN=C(C)c1ccc(Oc2ccccc2)c(F)c1. The Bertz CT molecular complexity index is 736. The van der Waals surface area contributed by atoms with Crippen molar-refractivity contribution in [2.45, 2.75) is 6.92 Å². The Balaban J connectivity index is 1.98. The highest BCUT2D eigenvalue weighted by atomic mass is 19.1. The lowest BCUT2D eigenvalue weighted by molar-refractivity contribution is 0.196. The number of methoxy groups -OCH3 is 1. The van der Waals surface area contributed by atoms with Crippen molar-refractivity contribution in [3.63, 3.8) is 0 Å². The topological polar surface area (TPSA) is 72.0 Å². The summed E-state index contributed by atoms with van der Waals surface area (Å²) in [6.07, 6.45) is 0. The number of rotatable bonds is 7. The minimum absolute atomic E-state index is 0.119. The van der Waals surface area contributed by atoms with Gasteiger partial charge in [-0.25, -0.2) is 14.6 Å². The molecule has 2 aromatic carbocycles. The van der Waals surface area contributed by atoms with Gasteiger partial charge in [0.2, 0.25) is 0 Å². The van der Waals surface area contributed by atoms with Gasteiger partial charge >= 0.3 is 6.03 Å². The van der Waals surface area contributed by atoms with Crippen LogP contribution in [-0.4, -0.2) is 32.0 Å². The Kier molecular flexibility index (Phi) is 6.91. The van der Waals surface area contributed by atoms with Crippen molar-refractivity contribution < 1.29 is 18.7 Å². The molecule has 2 amide bonds. The van der Waals surface area contributed by atoms with Crippen LogP contribution in [0.4, 0.5) is 9.18 Å². The highest BCUT2D eigenvalue weighted by Crippen LogP contribution is 2.25. The van der Waals surface area contributed by atoms with E-state index < -0.39 is 11.8 Å². The van der Waals surface area contributed by atoms with Crippen LogP contribution in [0.3, 0.4) is 0 Å². The van der Waals surface area contributed by atoms with Gasteiger partial charge in [0.15, 0.2) is 11.6 Å². The number of carbonyl (C=O) groups is 1. The Morgan fingerprint density at radius 2 is 1.96 bits per heavy atom. The fourth-order valence-electron chi connectivity index (χ4n) is 1.93. The third-order valence-corrected chi connectivity index (χ3v) is 3.24. The van der Waals surface area contributed by atoms with E-state index in [1.165, 1.54) is 12.1 Å². The van der Waals surface area contributed by atoms with Gasteiger partial charge in [0.1, 0.15) is 5.75 Å². The third kappa shape index (κ3) is 5.89. The number of halogens is 1. The van der Waals surface area contributed by atoms with Crippen LogP contribution < -0.4 is 15.5 Å². The molecule has 2 aromatic rings. The van der Waals surface area contributed by atoms with Gasteiger partial charge in [-0.05, 0) is 37.3 Å². The molecule has 6 nitrogen and oxygen atoms in total. The molecule has 7 heteroatoms. The summed E-state index contributed by atoms with van der Waals surface area (Å²) < 4.78 is 24.5. The number of hydrogen-bond acceptors (Lipinski definition) is 4. The van der Waals surface area contributed by atoms with E-state index in [9.17, 15) is 9.18 Å². The van der Waals surface area contributed by atoms with E-state index in [1.54, 1.807) is 32.2 Å². The van der Waals surface area contributed by atoms with Crippen LogP contribution in [0.2, 0.25) is 0 Å². The van der Waals surface area contributed by atoms with Crippen molar-refractivity contribution in [2.75, 3.05) is 20.3 Å². The Hall–Kier alpha value is -2.93. The zero-order valence-electron chi connectivity index (χ0n) is 14.1. The van der Waals surface area contributed by atoms with Crippen molar-refractivity contribution in [1.29, 1.82) is 0 Å². The predicted molar refractivity (Wildman–Crippen MR) is 93.5 cm³/mol. The number of benzene rings is 2. The monoisotopic (exact) mass is 345 g/mol. The highest BCUT2D eigenvalue weighted by molar-refractivity contribution is 5.99. The number of carbonyl (C=O) groups excluding carboxylic acids is 1. The smallest absolute Gasteiger partial charge is 0.335 e. The van der Waals surface area contributed by atoms with Crippen molar-refractivity contribution in [3.05, 3.63) is 59.9 Å². The standard InChI is InChI=1S/C18H20FN3O3/c1-13(21-22-18(23)20-10-11-24-2)14-8-9-17(16(19)12-14)25-15-6-4-3-5-7-15/h3-9,12H,10-11H2,1-2H3,(H2,20,22,23). The Labute approximate surface area is 145 Å². The molecule has 2 N–H and O–H groups in total. The number of amides is 2. The lowest BCUT2D eigenvalue weighted by atomic mass is 10.1. The second kappa shape index (κ2) is 9.39. The van der Waals surface area contributed by atoms with Gasteiger partial charge in [-0.15, -0.1) is 0 Å². The average molecular weight is 345 g/mol. The second-order valence-electron chi connectivity index (χ2n) is 5.12. The number of para-hydroxylation sites is 1. The summed E-state index contributed by atoms with van der Waals surface area (Å²) in [6.45, 7) is 2.45. The van der Waals surface area contributed by atoms with E-state index in [2.05, 4.69) is 15.8 Å². The minimum Gasteiger partial charge on any atom is -0.454 e. The summed E-state index contributed by atoms with van der Waals surface area (Å²) in [5, 5.41) is 6.50. The summed E-state index contributed by atoms with van der Waals surface area (Å²) in [5.74, 6) is 0.155. The predicted octanol–water partition coefficient (Wildman–Crippen LogP) is 3.29. The summed E-state index contributed by atoms with van der Waals surface area (Å²) in [7, 11) is 1.54. The number of nitrogens with zero attached hydrogens (tertiary/aromatic N) is 1. The summed E-state index contributed by atoms with van der Waals surface area (Å²) >= 11 is 0. The first-order chi connectivity index (χ1) is 12.1. The fraction of sp³-hybridized carbons (Fsp3) is 0.222. The van der Waals surface area contributed by atoms with E-state index in [0.29, 0.717) is 30.2 Å². The van der Waals surface area contributed by atoms with Gasteiger partial charge in [-0.2, -0.15) is 5.10 Å². The van der Waals surface area contributed by atoms with Gasteiger partial charge in [-0.3, -0.25) is 0 Å². The molecule has 132 valence electrons. The normalized spacial score (nSPS) is 11.1. The molecule has 0 aliphatic carbocycles. The zero-order valence-corrected chi connectivity index (χ0v) is 14.1. The maximum Gasteiger partial charge on any atom is 0.335 e. The maximum absolute atomic E-state index is 14.2. The lowest BCUT2D eigenvalue weighted by Gasteiger charge is -2.09. The van der Waals surface area contributed by atoms with E-state index in [-0.39, 0.29) is 5.75 Å². The minimum atomic E-state index is -0.513. The van der Waals surface area contributed by atoms with E-state index in [0.717, 1.165) is 0 Å². The molecule has 0 atom stereocenters. The third-order valence-electron chi connectivity index (χ3n) is 3.24. The molecule has 0 spiro atoms. The fourth-order valence-corrected chi connectivity index (χ4v) is 1.93. The first kappa shape index (κ1) is 18.4. The summed E-state index contributed by atoms with van der Waals surface area (Å²) in [6, 6.07) is 13.0. The maximum atomic E-state index is 14.2. The molecule has 0 heterocycles. The van der Waals surface area contributed by atoms with Crippen LogP contribution in [0.25, 0.3) is 0 Å². The highest BCUT2D eigenvalue weighted by Gasteiger charge is 2.08. The van der Waals surface area contributed by atoms with Crippen LogP contribution in [0.15, 0.2) is 53.6 Å². The Morgan fingerprint density at radius 3 is 2.64 bits per heavy atom. The van der Waals surface area contributed by atoms with Crippen LogP contribution in [0, 0.1) is 5.82 Å². The van der Waals surface area contributed by atoms with E-state index in [4.69, 9.17) is 9.47 Å². The molecule has 0 aliphatic heterocycles. The second-order valence-corrected chi connectivity index (χ2v) is 5.12. The molecule has 0 aromatic heterocycles. The molecule has 0 radical (unpaired) electrons. The molecule has 0 saturated carbocycles. The summed E-state index contributed by atoms with van der Waals surface area (Å²) in [4.78, 5) is 11.5. The van der Waals surface area contributed by atoms with Gasteiger partial charge in [0.25, 0.3) is 0 Å². The van der Waals surface area contributed by atoms with Crippen LogP contribution >= 0.6 is 0 Å². The van der Waals surface area contributed by atoms with E-state index in [1.807, 2.05) is 18.2 Å². The molecule has 0 unspecified atom stereocenters. The van der Waals surface area contributed by atoms with Gasteiger partial charge < -0.3 is 14.8 Å².